The van der Waals surface area contributed by atoms with E-state index in [0.717, 1.165) is 37.4 Å². The molecule has 1 saturated heterocycles. The fourth-order valence-electron chi connectivity index (χ4n) is 3.40. The Morgan fingerprint density at radius 1 is 1.40 bits per heavy atom. The minimum absolute atomic E-state index is 0.109. The second-order valence-corrected chi connectivity index (χ2v) is 6.94. The topological polar surface area (TPSA) is 60.8 Å². The van der Waals surface area contributed by atoms with E-state index in [-0.39, 0.29) is 6.10 Å². The molecule has 2 N–H and O–H groups in total. The number of rotatable bonds is 4. The number of aliphatic hydroxyl groups excluding tert-OH is 1. The van der Waals surface area contributed by atoms with Gasteiger partial charge in [-0.2, -0.15) is 0 Å². The number of aliphatic carboxylic acids is 1. The summed E-state index contributed by atoms with van der Waals surface area (Å²) in [5.74, 6) is 0.207. The Hall–Kier alpha value is -1.17. The fraction of sp³-hybridized carbons (Fsp3) is 0.533. The molecule has 2 fully saturated rings. The van der Waals surface area contributed by atoms with Crippen LogP contribution in [0.15, 0.2) is 18.2 Å². The molecule has 3 rings (SSSR count). The molecule has 5 heteroatoms. The van der Waals surface area contributed by atoms with Gasteiger partial charge < -0.3 is 10.2 Å². The van der Waals surface area contributed by atoms with Crippen LogP contribution in [0.25, 0.3) is 6.08 Å². The van der Waals surface area contributed by atoms with Crippen LogP contribution < -0.4 is 0 Å². The number of nitrogens with zero attached hydrogens (tertiary/aromatic N) is 1. The summed E-state index contributed by atoms with van der Waals surface area (Å²) in [4.78, 5) is 15.1. The Bertz CT molecular complexity index is 525. The summed E-state index contributed by atoms with van der Waals surface area (Å²) in [5, 5.41) is 18.5. The standard InChI is InChI=1S/C15H19NO3S/c17-14-5-1-10-7-16(9-13(10)14)8-12-3-2-11(20-12)4-6-15(18)19/h2-4,6,10,13-14,17H,1,5,7-9H2,(H,18,19)/b6-4+. The van der Waals surface area contributed by atoms with Gasteiger partial charge >= 0.3 is 5.97 Å². The highest BCUT2D eigenvalue weighted by Gasteiger charge is 2.41. The van der Waals surface area contributed by atoms with Crippen LogP contribution in [0.2, 0.25) is 0 Å². The van der Waals surface area contributed by atoms with Gasteiger partial charge in [-0.05, 0) is 37.0 Å². The summed E-state index contributed by atoms with van der Waals surface area (Å²) in [6.45, 7) is 2.98. The van der Waals surface area contributed by atoms with Crippen LogP contribution in [0.4, 0.5) is 0 Å². The molecule has 2 aliphatic rings. The van der Waals surface area contributed by atoms with Gasteiger partial charge in [-0.25, -0.2) is 4.79 Å². The van der Waals surface area contributed by atoms with Gasteiger partial charge in [0.2, 0.25) is 0 Å². The molecule has 0 spiro atoms. The van der Waals surface area contributed by atoms with E-state index < -0.39 is 5.97 Å². The van der Waals surface area contributed by atoms with Crippen molar-refractivity contribution in [3.8, 4) is 0 Å². The number of thiophene rings is 1. The fourth-order valence-corrected chi connectivity index (χ4v) is 4.36. The van der Waals surface area contributed by atoms with Gasteiger partial charge in [0.05, 0.1) is 6.10 Å². The lowest BCUT2D eigenvalue weighted by molar-refractivity contribution is -0.131. The van der Waals surface area contributed by atoms with Gasteiger partial charge in [0.15, 0.2) is 0 Å². The first-order valence-electron chi connectivity index (χ1n) is 7.02. The lowest BCUT2D eigenvalue weighted by atomic mass is 10.00. The highest BCUT2D eigenvalue weighted by Crippen LogP contribution is 2.38. The molecule has 3 atom stereocenters. The van der Waals surface area contributed by atoms with E-state index in [4.69, 9.17) is 5.11 Å². The van der Waals surface area contributed by atoms with Crippen molar-refractivity contribution >= 4 is 23.4 Å². The van der Waals surface area contributed by atoms with Crippen LogP contribution in [0.3, 0.4) is 0 Å². The summed E-state index contributed by atoms with van der Waals surface area (Å²) < 4.78 is 0. The van der Waals surface area contributed by atoms with E-state index in [2.05, 4.69) is 11.0 Å². The van der Waals surface area contributed by atoms with E-state index in [1.807, 2.05) is 6.07 Å². The van der Waals surface area contributed by atoms with Gasteiger partial charge in [0.1, 0.15) is 0 Å². The number of hydrogen-bond donors (Lipinski definition) is 2. The van der Waals surface area contributed by atoms with Crippen molar-refractivity contribution in [1.82, 2.24) is 4.90 Å². The summed E-state index contributed by atoms with van der Waals surface area (Å²) in [5.41, 5.74) is 0. The van der Waals surface area contributed by atoms with Crippen molar-refractivity contribution in [3.63, 3.8) is 0 Å². The zero-order valence-electron chi connectivity index (χ0n) is 11.2. The monoisotopic (exact) mass is 293 g/mol. The van der Waals surface area contributed by atoms with E-state index in [1.54, 1.807) is 17.4 Å². The third kappa shape index (κ3) is 2.95. The highest BCUT2D eigenvalue weighted by molar-refractivity contribution is 7.12. The average molecular weight is 293 g/mol. The van der Waals surface area contributed by atoms with Crippen LogP contribution in [-0.2, 0) is 11.3 Å². The van der Waals surface area contributed by atoms with Crippen molar-refractivity contribution < 1.29 is 15.0 Å². The van der Waals surface area contributed by atoms with Crippen molar-refractivity contribution in [2.45, 2.75) is 25.5 Å². The maximum absolute atomic E-state index is 10.5. The van der Waals surface area contributed by atoms with Gasteiger partial charge in [-0.1, -0.05) is 0 Å². The number of carboxylic acids is 1. The largest absolute Gasteiger partial charge is 0.478 e. The van der Waals surface area contributed by atoms with Crippen LogP contribution >= 0.6 is 11.3 Å². The molecular formula is C15H19NO3S. The molecule has 0 aromatic carbocycles. The van der Waals surface area contributed by atoms with E-state index in [9.17, 15) is 9.90 Å². The molecule has 0 amide bonds. The first-order valence-corrected chi connectivity index (χ1v) is 7.83. The number of hydrogen-bond acceptors (Lipinski definition) is 4. The van der Waals surface area contributed by atoms with Gasteiger partial charge in [-0.15, -0.1) is 11.3 Å². The van der Waals surface area contributed by atoms with Crippen molar-refractivity contribution in [2.24, 2.45) is 11.8 Å². The Kier molecular flexibility index (Phi) is 3.92. The summed E-state index contributed by atoms with van der Waals surface area (Å²) >= 11 is 1.64. The van der Waals surface area contributed by atoms with E-state index in [0.29, 0.717) is 11.8 Å². The minimum atomic E-state index is -0.915. The van der Waals surface area contributed by atoms with Gasteiger partial charge in [0.25, 0.3) is 0 Å². The second-order valence-electron chi connectivity index (χ2n) is 5.74. The molecule has 3 unspecified atom stereocenters. The average Bonchev–Trinajstić information content (AvgIpc) is 3.07. The van der Waals surface area contributed by atoms with E-state index >= 15 is 0 Å². The van der Waals surface area contributed by atoms with E-state index in [1.165, 1.54) is 11.0 Å². The molecule has 1 aliphatic heterocycles. The van der Waals surface area contributed by atoms with Gasteiger partial charge in [0, 0.05) is 41.4 Å². The van der Waals surface area contributed by atoms with Crippen LogP contribution in [0, 0.1) is 11.8 Å². The van der Waals surface area contributed by atoms with Crippen LogP contribution in [-0.4, -0.2) is 40.3 Å². The number of likely N-dealkylation sites (tertiary alicyclic amines) is 1. The van der Waals surface area contributed by atoms with Crippen molar-refractivity contribution in [2.75, 3.05) is 13.1 Å². The van der Waals surface area contributed by atoms with Gasteiger partial charge in [-0.3, -0.25) is 4.90 Å². The van der Waals surface area contributed by atoms with Crippen molar-refractivity contribution in [3.05, 3.63) is 28.0 Å². The Labute approximate surface area is 122 Å². The SMILES string of the molecule is O=C(O)/C=C/c1ccc(CN2CC3CCC(O)C3C2)s1. The number of carboxylic acid groups (broad SMARTS) is 1. The summed E-state index contributed by atoms with van der Waals surface area (Å²) in [7, 11) is 0. The first kappa shape index (κ1) is 13.8. The second kappa shape index (κ2) is 5.68. The zero-order valence-corrected chi connectivity index (χ0v) is 12.1. The molecule has 1 aromatic heterocycles. The Morgan fingerprint density at radius 2 is 2.25 bits per heavy atom. The normalized spacial score (nSPS) is 30.1. The predicted octanol–water partition coefficient (Wildman–Crippen LogP) is 2.05. The van der Waals surface area contributed by atoms with Crippen molar-refractivity contribution in [1.29, 1.82) is 0 Å². The third-order valence-corrected chi connectivity index (χ3v) is 5.38. The maximum Gasteiger partial charge on any atom is 0.328 e. The lowest BCUT2D eigenvalue weighted by Crippen LogP contribution is -2.24. The molecule has 20 heavy (non-hydrogen) atoms. The Morgan fingerprint density at radius 3 is 3.00 bits per heavy atom. The molecule has 1 saturated carbocycles. The third-order valence-electron chi connectivity index (χ3n) is 4.35. The number of aliphatic hydroxyl groups is 1. The molecule has 108 valence electrons. The zero-order chi connectivity index (χ0) is 14.1. The highest BCUT2D eigenvalue weighted by atomic mass is 32.1. The number of fused-ring (bicyclic) bond motifs is 1. The molecule has 1 aliphatic carbocycles. The molecule has 0 radical (unpaired) electrons. The van der Waals surface area contributed by atoms with Crippen LogP contribution in [0.1, 0.15) is 22.6 Å². The lowest BCUT2D eigenvalue weighted by Gasteiger charge is -2.16. The Balaban J connectivity index is 1.58. The molecule has 0 bridgehead atoms. The summed E-state index contributed by atoms with van der Waals surface area (Å²) in [6, 6.07) is 4.03. The minimum Gasteiger partial charge on any atom is -0.478 e. The molecular weight excluding hydrogens is 274 g/mol. The summed E-state index contributed by atoms with van der Waals surface area (Å²) in [6.07, 6.45) is 4.82. The predicted molar refractivity (Wildman–Crippen MR) is 78.5 cm³/mol. The maximum atomic E-state index is 10.5. The number of carbonyl (C=O) groups is 1. The quantitative estimate of drug-likeness (QED) is 0.834. The first-order chi connectivity index (χ1) is 9.61. The smallest absolute Gasteiger partial charge is 0.328 e. The van der Waals surface area contributed by atoms with Crippen LogP contribution in [0.5, 0.6) is 0 Å². The molecule has 4 nitrogen and oxygen atoms in total. The molecule has 2 heterocycles. The molecule has 1 aromatic rings.